The van der Waals surface area contributed by atoms with E-state index in [0.717, 1.165) is 0 Å². The zero-order valence-corrected chi connectivity index (χ0v) is 6.32. The minimum Gasteiger partial charge on any atom is -0.309 e. The second-order valence-electron chi connectivity index (χ2n) is 3.22. The summed E-state index contributed by atoms with van der Waals surface area (Å²) >= 11 is 0. The van der Waals surface area contributed by atoms with Gasteiger partial charge in [0.15, 0.2) is 0 Å². The molecule has 1 nitrogen and oxygen atoms in total. The minimum atomic E-state index is -2.21. The SMILES string of the molecule is CNC1(C(F)F)CC(C)C1. The lowest BCUT2D eigenvalue weighted by molar-refractivity contribution is -0.0397. The molecule has 0 aliphatic heterocycles. The zero-order chi connectivity index (χ0) is 7.78. The summed E-state index contributed by atoms with van der Waals surface area (Å²) < 4.78 is 24.5. The van der Waals surface area contributed by atoms with Crippen molar-refractivity contribution < 1.29 is 8.78 Å². The molecule has 0 radical (unpaired) electrons. The molecule has 0 bridgehead atoms. The van der Waals surface area contributed by atoms with Crippen molar-refractivity contribution in [3.05, 3.63) is 0 Å². The maximum atomic E-state index is 12.2. The molecule has 1 rings (SSSR count). The average Bonchev–Trinajstić information content (AvgIpc) is 1.79. The van der Waals surface area contributed by atoms with Crippen LogP contribution in [0, 0.1) is 5.92 Å². The fourth-order valence-corrected chi connectivity index (χ4v) is 1.68. The van der Waals surface area contributed by atoms with Crippen LogP contribution in [0.25, 0.3) is 0 Å². The molecule has 1 aliphatic carbocycles. The molecule has 0 unspecified atom stereocenters. The van der Waals surface area contributed by atoms with E-state index >= 15 is 0 Å². The standard InChI is InChI=1S/C7H13F2N/c1-5-3-7(4-5,10-2)6(8)9/h5-6,10H,3-4H2,1-2H3. The largest absolute Gasteiger partial charge is 0.309 e. The van der Waals surface area contributed by atoms with Crippen molar-refractivity contribution >= 4 is 0 Å². The Balaban J connectivity index is 2.48. The van der Waals surface area contributed by atoms with Gasteiger partial charge < -0.3 is 5.32 Å². The molecular formula is C7H13F2N. The van der Waals surface area contributed by atoms with Gasteiger partial charge in [0.05, 0.1) is 5.54 Å². The maximum absolute atomic E-state index is 12.2. The predicted molar refractivity (Wildman–Crippen MR) is 36.2 cm³/mol. The van der Waals surface area contributed by atoms with Gasteiger partial charge in [-0.25, -0.2) is 8.78 Å². The molecule has 0 saturated heterocycles. The van der Waals surface area contributed by atoms with Gasteiger partial charge >= 0.3 is 0 Å². The zero-order valence-electron chi connectivity index (χ0n) is 6.32. The van der Waals surface area contributed by atoms with Crippen LogP contribution in [0.2, 0.25) is 0 Å². The second-order valence-corrected chi connectivity index (χ2v) is 3.22. The van der Waals surface area contributed by atoms with Crippen LogP contribution in [0.15, 0.2) is 0 Å². The van der Waals surface area contributed by atoms with Gasteiger partial charge in [-0.2, -0.15) is 0 Å². The van der Waals surface area contributed by atoms with E-state index in [4.69, 9.17) is 0 Å². The summed E-state index contributed by atoms with van der Waals surface area (Å²) in [6, 6.07) is 0. The molecule has 3 heteroatoms. The van der Waals surface area contributed by atoms with Gasteiger partial charge in [0.2, 0.25) is 0 Å². The van der Waals surface area contributed by atoms with E-state index in [-0.39, 0.29) is 0 Å². The second kappa shape index (κ2) is 2.46. The number of halogens is 2. The first-order valence-electron chi connectivity index (χ1n) is 3.58. The fraction of sp³-hybridized carbons (Fsp3) is 1.00. The molecule has 0 atom stereocenters. The van der Waals surface area contributed by atoms with Crippen molar-refractivity contribution in [2.24, 2.45) is 5.92 Å². The lowest BCUT2D eigenvalue weighted by atomic mass is 9.69. The Morgan fingerprint density at radius 2 is 2.00 bits per heavy atom. The molecule has 0 heterocycles. The maximum Gasteiger partial charge on any atom is 0.256 e. The Bertz CT molecular complexity index is 119. The highest BCUT2D eigenvalue weighted by Gasteiger charge is 2.47. The van der Waals surface area contributed by atoms with Crippen molar-refractivity contribution in [1.82, 2.24) is 5.32 Å². The monoisotopic (exact) mass is 149 g/mol. The summed E-state index contributed by atoms with van der Waals surface area (Å²) in [7, 11) is 1.61. The van der Waals surface area contributed by atoms with Gasteiger partial charge in [0.1, 0.15) is 0 Å². The Labute approximate surface area is 59.8 Å². The van der Waals surface area contributed by atoms with Crippen molar-refractivity contribution in [3.63, 3.8) is 0 Å². The van der Waals surface area contributed by atoms with Crippen LogP contribution in [-0.4, -0.2) is 19.0 Å². The van der Waals surface area contributed by atoms with Crippen LogP contribution in [0.1, 0.15) is 19.8 Å². The third-order valence-electron chi connectivity index (χ3n) is 2.34. The molecule has 1 saturated carbocycles. The van der Waals surface area contributed by atoms with Crippen molar-refractivity contribution in [1.29, 1.82) is 0 Å². The third-order valence-corrected chi connectivity index (χ3v) is 2.34. The van der Waals surface area contributed by atoms with Crippen LogP contribution in [0.3, 0.4) is 0 Å². The van der Waals surface area contributed by atoms with Crippen LogP contribution in [0.5, 0.6) is 0 Å². The molecule has 1 fully saturated rings. The van der Waals surface area contributed by atoms with Gasteiger partial charge in [0, 0.05) is 0 Å². The van der Waals surface area contributed by atoms with Crippen molar-refractivity contribution in [2.45, 2.75) is 31.7 Å². The Hall–Kier alpha value is -0.180. The minimum absolute atomic E-state index is 0.460. The molecule has 1 N–H and O–H groups in total. The first-order valence-corrected chi connectivity index (χ1v) is 3.58. The summed E-state index contributed by atoms with van der Waals surface area (Å²) in [4.78, 5) is 0. The number of hydrogen-bond acceptors (Lipinski definition) is 1. The molecule has 0 aromatic heterocycles. The van der Waals surface area contributed by atoms with Crippen LogP contribution in [0.4, 0.5) is 8.78 Å². The topological polar surface area (TPSA) is 12.0 Å². The van der Waals surface area contributed by atoms with E-state index in [0.29, 0.717) is 18.8 Å². The summed E-state index contributed by atoms with van der Waals surface area (Å²) in [6.07, 6.45) is -0.990. The van der Waals surface area contributed by atoms with E-state index in [1.807, 2.05) is 6.92 Å². The third kappa shape index (κ3) is 1.03. The number of alkyl halides is 2. The highest BCUT2D eigenvalue weighted by atomic mass is 19.3. The number of rotatable bonds is 2. The normalized spacial score (nSPS) is 39.9. The lowest BCUT2D eigenvalue weighted by Gasteiger charge is -2.45. The van der Waals surface area contributed by atoms with Gasteiger partial charge in [0.25, 0.3) is 6.43 Å². The summed E-state index contributed by atoms with van der Waals surface area (Å²) in [6.45, 7) is 2.00. The first-order chi connectivity index (χ1) is 4.60. The van der Waals surface area contributed by atoms with Gasteiger partial charge in [-0.1, -0.05) is 6.92 Å². The van der Waals surface area contributed by atoms with Gasteiger partial charge in [-0.3, -0.25) is 0 Å². The van der Waals surface area contributed by atoms with E-state index in [1.54, 1.807) is 7.05 Å². The first kappa shape index (κ1) is 7.92. The molecule has 10 heavy (non-hydrogen) atoms. The molecule has 0 aromatic rings. The van der Waals surface area contributed by atoms with E-state index < -0.39 is 12.0 Å². The highest BCUT2D eigenvalue weighted by Crippen LogP contribution is 2.41. The van der Waals surface area contributed by atoms with E-state index in [9.17, 15) is 8.78 Å². The van der Waals surface area contributed by atoms with Crippen molar-refractivity contribution in [3.8, 4) is 0 Å². The lowest BCUT2D eigenvalue weighted by Crippen LogP contribution is -2.58. The highest BCUT2D eigenvalue weighted by molar-refractivity contribution is 5.00. The van der Waals surface area contributed by atoms with E-state index in [2.05, 4.69) is 5.32 Å². The Kier molecular flexibility index (Phi) is 1.95. The van der Waals surface area contributed by atoms with Gasteiger partial charge in [-0.05, 0) is 25.8 Å². The molecule has 60 valence electrons. The summed E-state index contributed by atoms with van der Waals surface area (Å²) in [5.74, 6) is 0.460. The van der Waals surface area contributed by atoms with Gasteiger partial charge in [-0.15, -0.1) is 0 Å². The van der Waals surface area contributed by atoms with Crippen molar-refractivity contribution in [2.75, 3.05) is 7.05 Å². The smallest absolute Gasteiger partial charge is 0.256 e. The Morgan fingerprint density at radius 3 is 2.10 bits per heavy atom. The molecular weight excluding hydrogens is 136 g/mol. The van der Waals surface area contributed by atoms with E-state index in [1.165, 1.54) is 0 Å². The summed E-state index contributed by atoms with van der Waals surface area (Å²) in [5.41, 5.74) is -0.848. The fourth-order valence-electron chi connectivity index (χ4n) is 1.68. The quantitative estimate of drug-likeness (QED) is 0.629. The molecule has 0 amide bonds. The summed E-state index contributed by atoms with van der Waals surface area (Å²) in [5, 5.41) is 2.69. The van der Waals surface area contributed by atoms with Crippen LogP contribution in [-0.2, 0) is 0 Å². The molecule has 0 spiro atoms. The number of hydrogen-bond donors (Lipinski definition) is 1. The average molecular weight is 149 g/mol. The predicted octanol–water partition coefficient (Wildman–Crippen LogP) is 1.64. The van der Waals surface area contributed by atoms with Crippen LogP contribution < -0.4 is 5.32 Å². The molecule has 0 aromatic carbocycles. The van der Waals surface area contributed by atoms with Crippen LogP contribution >= 0.6 is 0 Å². The Morgan fingerprint density at radius 1 is 1.50 bits per heavy atom. The molecule has 1 aliphatic rings. The number of nitrogens with one attached hydrogen (secondary N) is 1.